The molecule has 162 valence electrons. The van der Waals surface area contributed by atoms with E-state index < -0.39 is 22.0 Å². The average molecular weight is 453 g/mol. The van der Waals surface area contributed by atoms with Crippen molar-refractivity contribution in [2.45, 2.75) is 37.7 Å². The van der Waals surface area contributed by atoms with Gasteiger partial charge in [-0.3, -0.25) is 4.79 Å². The van der Waals surface area contributed by atoms with Crippen LogP contribution in [0.4, 0.5) is 5.69 Å². The fourth-order valence-electron chi connectivity index (χ4n) is 3.17. The van der Waals surface area contributed by atoms with Crippen LogP contribution in [-0.4, -0.2) is 44.4 Å². The molecule has 1 aliphatic rings. The maximum absolute atomic E-state index is 13.1. The Kier molecular flexibility index (Phi) is 7.23. The molecule has 0 radical (unpaired) electrons. The van der Waals surface area contributed by atoms with Gasteiger partial charge in [-0.15, -0.1) is 0 Å². The van der Waals surface area contributed by atoms with Crippen LogP contribution in [0.25, 0.3) is 0 Å². The summed E-state index contributed by atoms with van der Waals surface area (Å²) in [6.45, 7) is 4.69. The maximum atomic E-state index is 13.1. The molecule has 1 heterocycles. The summed E-state index contributed by atoms with van der Waals surface area (Å²) in [7, 11) is -3.71. The second kappa shape index (κ2) is 9.68. The Labute approximate surface area is 182 Å². The van der Waals surface area contributed by atoms with Crippen LogP contribution in [-0.2, 0) is 14.8 Å². The van der Waals surface area contributed by atoms with Crippen molar-refractivity contribution in [2.24, 2.45) is 0 Å². The highest BCUT2D eigenvalue weighted by atomic mass is 35.5. The molecular formula is C21H25ClN2O5S. The summed E-state index contributed by atoms with van der Waals surface area (Å²) in [6, 6.07) is 11.4. The van der Waals surface area contributed by atoms with Crippen molar-refractivity contribution in [3.63, 3.8) is 0 Å². The highest BCUT2D eigenvalue weighted by Gasteiger charge is 2.30. The lowest BCUT2D eigenvalue weighted by Crippen LogP contribution is -2.31. The smallest absolute Gasteiger partial charge is 0.265 e. The number of nitrogens with one attached hydrogen (secondary N) is 1. The van der Waals surface area contributed by atoms with E-state index in [1.54, 1.807) is 50.2 Å². The summed E-state index contributed by atoms with van der Waals surface area (Å²) in [5, 5.41) is 3.22. The van der Waals surface area contributed by atoms with Gasteiger partial charge in [0, 0.05) is 23.8 Å². The Hall–Kier alpha value is -2.29. The molecule has 1 amide bonds. The number of nitrogens with zero attached hydrogens (tertiary/aromatic N) is 1. The van der Waals surface area contributed by atoms with E-state index in [9.17, 15) is 13.2 Å². The van der Waals surface area contributed by atoms with Crippen LogP contribution in [0.3, 0.4) is 0 Å². The second-order valence-corrected chi connectivity index (χ2v) is 9.26. The number of carbonyl (C=O) groups is 1. The third-order valence-electron chi connectivity index (χ3n) is 4.67. The summed E-state index contributed by atoms with van der Waals surface area (Å²) < 4.78 is 38.7. The molecule has 0 aliphatic carbocycles. The fourth-order valence-corrected chi connectivity index (χ4v) is 5.03. The molecular weight excluding hydrogens is 428 g/mol. The molecule has 7 nitrogen and oxygen atoms in total. The number of ether oxygens (including phenoxy) is 2. The molecule has 1 saturated heterocycles. The van der Waals surface area contributed by atoms with Gasteiger partial charge in [-0.25, -0.2) is 8.42 Å². The summed E-state index contributed by atoms with van der Waals surface area (Å²) >= 11 is 5.94. The summed E-state index contributed by atoms with van der Waals surface area (Å²) in [6.07, 6.45) is 0.851. The monoisotopic (exact) mass is 452 g/mol. The van der Waals surface area contributed by atoms with Crippen molar-refractivity contribution in [2.75, 3.05) is 25.0 Å². The molecule has 1 unspecified atom stereocenters. The van der Waals surface area contributed by atoms with E-state index in [1.165, 1.54) is 10.4 Å². The van der Waals surface area contributed by atoms with Crippen molar-refractivity contribution < 1.29 is 22.7 Å². The van der Waals surface area contributed by atoms with Crippen LogP contribution in [0.5, 0.6) is 11.5 Å². The summed E-state index contributed by atoms with van der Waals surface area (Å²) in [4.78, 5) is 12.6. The fraction of sp³-hybridized carbons (Fsp3) is 0.381. The van der Waals surface area contributed by atoms with Crippen LogP contribution in [0.15, 0.2) is 47.4 Å². The molecule has 1 aliphatic heterocycles. The number of hydrogen-bond donors (Lipinski definition) is 1. The Morgan fingerprint density at radius 3 is 2.60 bits per heavy atom. The van der Waals surface area contributed by atoms with Crippen LogP contribution >= 0.6 is 11.6 Å². The largest absolute Gasteiger partial charge is 0.492 e. The third-order valence-corrected chi connectivity index (χ3v) is 6.83. The van der Waals surface area contributed by atoms with Gasteiger partial charge >= 0.3 is 0 Å². The Bertz CT molecular complexity index is 1010. The zero-order valence-corrected chi connectivity index (χ0v) is 18.5. The minimum Gasteiger partial charge on any atom is -0.492 e. The molecule has 1 fully saturated rings. The zero-order valence-electron chi connectivity index (χ0n) is 16.9. The number of carbonyl (C=O) groups excluding carboxylic acids is 1. The van der Waals surface area contributed by atoms with Crippen LogP contribution in [0, 0.1) is 0 Å². The van der Waals surface area contributed by atoms with Gasteiger partial charge in [0.2, 0.25) is 10.0 Å². The molecule has 9 heteroatoms. The van der Waals surface area contributed by atoms with Crippen molar-refractivity contribution in [3.8, 4) is 11.5 Å². The summed E-state index contributed by atoms with van der Waals surface area (Å²) in [5.41, 5.74) is 0.350. The molecule has 2 aromatic carbocycles. The minimum atomic E-state index is -3.71. The molecule has 1 atom stereocenters. The zero-order chi connectivity index (χ0) is 21.7. The van der Waals surface area contributed by atoms with Crippen molar-refractivity contribution in [3.05, 3.63) is 47.5 Å². The van der Waals surface area contributed by atoms with E-state index in [4.69, 9.17) is 21.1 Å². The van der Waals surface area contributed by atoms with Crippen molar-refractivity contribution in [1.82, 2.24) is 4.31 Å². The SMILES string of the molecule is CCOc1ccc(NC(=O)C(C)Oc2cccc(Cl)c2)cc1S(=O)(=O)N1CCCC1. The average Bonchev–Trinajstić information content (AvgIpc) is 3.25. The Morgan fingerprint density at radius 2 is 1.93 bits per heavy atom. The van der Waals surface area contributed by atoms with E-state index >= 15 is 0 Å². The van der Waals surface area contributed by atoms with Crippen LogP contribution < -0.4 is 14.8 Å². The van der Waals surface area contributed by atoms with E-state index in [-0.39, 0.29) is 10.6 Å². The Balaban J connectivity index is 1.79. The first-order valence-corrected chi connectivity index (χ1v) is 11.6. The van der Waals surface area contributed by atoms with E-state index in [2.05, 4.69) is 5.32 Å². The lowest BCUT2D eigenvalue weighted by Gasteiger charge is -2.20. The molecule has 2 aromatic rings. The van der Waals surface area contributed by atoms with Gasteiger partial charge in [0.05, 0.1) is 6.61 Å². The molecule has 0 bridgehead atoms. The van der Waals surface area contributed by atoms with Gasteiger partial charge in [-0.2, -0.15) is 4.31 Å². The predicted octanol–water partition coefficient (Wildman–Crippen LogP) is 3.93. The van der Waals surface area contributed by atoms with Gasteiger partial charge in [-0.1, -0.05) is 17.7 Å². The lowest BCUT2D eigenvalue weighted by molar-refractivity contribution is -0.122. The first-order chi connectivity index (χ1) is 14.3. The van der Waals surface area contributed by atoms with Crippen molar-refractivity contribution in [1.29, 1.82) is 0 Å². The number of amides is 1. The highest BCUT2D eigenvalue weighted by molar-refractivity contribution is 7.89. The number of anilines is 1. The minimum absolute atomic E-state index is 0.0486. The van der Waals surface area contributed by atoms with Gasteiger partial charge in [0.25, 0.3) is 5.91 Å². The predicted molar refractivity (Wildman–Crippen MR) is 116 cm³/mol. The molecule has 0 spiro atoms. The molecule has 3 rings (SSSR count). The highest BCUT2D eigenvalue weighted by Crippen LogP contribution is 2.31. The quantitative estimate of drug-likeness (QED) is 0.656. The topological polar surface area (TPSA) is 84.9 Å². The number of rotatable bonds is 8. The normalized spacial score (nSPS) is 15.6. The first-order valence-electron chi connectivity index (χ1n) is 9.81. The number of halogens is 1. The molecule has 1 N–H and O–H groups in total. The lowest BCUT2D eigenvalue weighted by atomic mass is 10.2. The van der Waals surface area contributed by atoms with Crippen LogP contribution in [0.2, 0.25) is 5.02 Å². The van der Waals surface area contributed by atoms with Crippen molar-refractivity contribution >= 4 is 33.2 Å². The molecule has 0 saturated carbocycles. The summed E-state index contributed by atoms with van der Waals surface area (Å²) in [5.74, 6) is 0.323. The number of hydrogen-bond acceptors (Lipinski definition) is 5. The first kappa shape index (κ1) is 22.4. The standard InChI is InChI=1S/C21H25ClN2O5S/c1-3-28-19-10-9-17(14-20(19)30(26,27)24-11-4-5-12-24)23-21(25)15(2)29-18-8-6-7-16(22)13-18/h6-10,13-15H,3-5,11-12H2,1-2H3,(H,23,25). The number of benzene rings is 2. The van der Waals surface area contributed by atoms with Gasteiger partial charge in [-0.05, 0) is 63.1 Å². The Morgan fingerprint density at radius 1 is 1.20 bits per heavy atom. The van der Waals surface area contributed by atoms with Gasteiger partial charge in [0.1, 0.15) is 16.4 Å². The van der Waals surface area contributed by atoms with Crippen LogP contribution in [0.1, 0.15) is 26.7 Å². The van der Waals surface area contributed by atoms with E-state index in [0.717, 1.165) is 12.8 Å². The van der Waals surface area contributed by atoms with E-state index in [0.29, 0.717) is 36.2 Å². The third kappa shape index (κ3) is 5.24. The van der Waals surface area contributed by atoms with Gasteiger partial charge < -0.3 is 14.8 Å². The number of sulfonamides is 1. The second-order valence-electron chi connectivity index (χ2n) is 6.91. The van der Waals surface area contributed by atoms with E-state index in [1.807, 2.05) is 0 Å². The van der Waals surface area contributed by atoms with Gasteiger partial charge in [0.15, 0.2) is 6.10 Å². The molecule has 0 aromatic heterocycles. The maximum Gasteiger partial charge on any atom is 0.265 e. The molecule has 30 heavy (non-hydrogen) atoms.